The molecule has 3 amide bonds. The first-order valence-corrected chi connectivity index (χ1v) is 8.61. The maximum absolute atomic E-state index is 12.0. The van der Waals surface area contributed by atoms with Crippen LogP contribution in [-0.4, -0.2) is 40.8 Å². The molecule has 2 rings (SSSR count). The van der Waals surface area contributed by atoms with Crippen LogP contribution in [0.1, 0.15) is 18.4 Å². The summed E-state index contributed by atoms with van der Waals surface area (Å²) in [6.07, 6.45) is 1.85. The number of aryl methyl sites for hydroxylation is 1. The fourth-order valence-corrected chi connectivity index (χ4v) is 3.15. The van der Waals surface area contributed by atoms with E-state index in [9.17, 15) is 9.59 Å². The number of aromatic nitrogens is 2. The van der Waals surface area contributed by atoms with Gasteiger partial charge in [-0.3, -0.25) is 9.89 Å². The van der Waals surface area contributed by atoms with E-state index in [0.29, 0.717) is 16.8 Å². The lowest BCUT2D eigenvalue weighted by atomic mass is 10.0. The predicted octanol–water partition coefficient (Wildman–Crippen LogP) is 2.27. The molecular weight excluding hydrogens is 346 g/mol. The Labute approximate surface area is 148 Å². The molecule has 0 spiro atoms. The van der Waals surface area contributed by atoms with E-state index in [4.69, 9.17) is 18.0 Å². The van der Waals surface area contributed by atoms with Gasteiger partial charge in [-0.25, -0.2) is 4.79 Å². The molecular formula is C15H19N5O2S2. The van der Waals surface area contributed by atoms with Crippen LogP contribution in [0, 0.1) is 3.95 Å². The molecule has 0 aliphatic rings. The number of rotatable bonds is 7. The Bertz CT molecular complexity index is 771. The van der Waals surface area contributed by atoms with E-state index < -0.39 is 6.03 Å². The van der Waals surface area contributed by atoms with Crippen molar-refractivity contribution in [1.82, 2.24) is 20.4 Å². The number of H-pyrrole nitrogens is 1. The van der Waals surface area contributed by atoms with Gasteiger partial charge in [0.1, 0.15) is 5.01 Å². The van der Waals surface area contributed by atoms with Crippen LogP contribution >= 0.6 is 23.6 Å². The van der Waals surface area contributed by atoms with Gasteiger partial charge >= 0.3 is 6.03 Å². The van der Waals surface area contributed by atoms with Gasteiger partial charge in [0.05, 0.1) is 6.67 Å². The Balaban J connectivity index is 1.92. The van der Waals surface area contributed by atoms with Crippen molar-refractivity contribution in [3.05, 3.63) is 33.8 Å². The monoisotopic (exact) mass is 365 g/mol. The number of nitrogens with zero attached hydrogens (tertiary/aromatic N) is 2. The summed E-state index contributed by atoms with van der Waals surface area (Å²) in [5, 5.41) is 10.2. The molecule has 1 aromatic carbocycles. The molecule has 0 aliphatic carbocycles. The highest BCUT2D eigenvalue weighted by molar-refractivity contribution is 7.73. The minimum atomic E-state index is -0.648. The molecule has 0 fully saturated rings. The molecule has 24 heavy (non-hydrogen) atoms. The van der Waals surface area contributed by atoms with Gasteiger partial charge in [-0.1, -0.05) is 35.6 Å². The Hall–Kier alpha value is -2.26. The molecule has 9 heteroatoms. The first-order chi connectivity index (χ1) is 11.5. The van der Waals surface area contributed by atoms with Crippen LogP contribution in [0.3, 0.4) is 0 Å². The fourth-order valence-electron chi connectivity index (χ4n) is 2.20. The SMILES string of the molecule is CN(CNC(N)=O)C(=O)CCCc1ccccc1-c1n[nH]c(=S)s1. The van der Waals surface area contributed by atoms with Crippen molar-refractivity contribution in [3.8, 4) is 10.6 Å². The number of nitrogens with two attached hydrogens (primary N) is 1. The standard InChI is InChI=1S/C15H19N5O2S2/c1-20(9-17-14(16)22)12(21)8-4-6-10-5-2-3-7-11(10)13-18-19-15(23)24-13/h2-3,5,7H,4,6,8-9H2,1H3,(H,19,23)(H3,16,17,22). The minimum Gasteiger partial charge on any atom is -0.352 e. The quantitative estimate of drug-likeness (QED) is 0.517. The van der Waals surface area contributed by atoms with E-state index in [1.165, 1.54) is 16.2 Å². The summed E-state index contributed by atoms with van der Waals surface area (Å²) in [6.45, 7) is 0.112. The first-order valence-electron chi connectivity index (χ1n) is 7.38. The van der Waals surface area contributed by atoms with Crippen molar-refractivity contribution >= 4 is 35.5 Å². The third-order valence-corrected chi connectivity index (χ3v) is 4.56. The second-order valence-electron chi connectivity index (χ2n) is 5.22. The lowest BCUT2D eigenvalue weighted by Gasteiger charge is -2.17. The highest BCUT2D eigenvalue weighted by Gasteiger charge is 2.11. The number of carbonyl (C=O) groups excluding carboxylic acids is 2. The zero-order valence-electron chi connectivity index (χ0n) is 13.2. The highest BCUT2D eigenvalue weighted by Crippen LogP contribution is 2.26. The van der Waals surface area contributed by atoms with Crippen molar-refractivity contribution in [1.29, 1.82) is 0 Å². The van der Waals surface area contributed by atoms with Crippen LogP contribution in [0.5, 0.6) is 0 Å². The summed E-state index contributed by atoms with van der Waals surface area (Å²) in [5.74, 6) is -0.0448. The number of benzene rings is 1. The zero-order valence-corrected chi connectivity index (χ0v) is 14.9. The van der Waals surface area contributed by atoms with Crippen molar-refractivity contribution in [2.24, 2.45) is 5.73 Å². The van der Waals surface area contributed by atoms with E-state index in [0.717, 1.165) is 22.6 Å². The number of urea groups is 1. The largest absolute Gasteiger partial charge is 0.352 e. The van der Waals surface area contributed by atoms with Gasteiger partial charge in [-0.2, -0.15) is 5.10 Å². The van der Waals surface area contributed by atoms with Crippen molar-refractivity contribution in [2.75, 3.05) is 13.7 Å². The topological polar surface area (TPSA) is 104 Å². The second kappa shape index (κ2) is 8.55. The summed E-state index contributed by atoms with van der Waals surface area (Å²) in [4.78, 5) is 24.1. The average molecular weight is 365 g/mol. The number of hydrogen-bond donors (Lipinski definition) is 3. The maximum Gasteiger partial charge on any atom is 0.313 e. The summed E-state index contributed by atoms with van der Waals surface area (Å²) >= 11 is 6.51. The fraction of sp³-hybridized carbons (Fsp3) is 0.333. The molecule has 1 heterocycles. The molecule has 0 atom stereocenters. The molecule has 2 aromatic rings. The van der Waals surface area contributed by atoms with Crippen LogP contribution in [0.2, 0.25) is 0 Å². The third kappa shape index (κ3) is 5.14. The van der Waals surface area contributed by atoms with E-state index >= 15 is 0 Å². The molecule has 0 saturated carbocycles. The van der Waals surface area contributed by atoms with E-state index in [-0.39, 0.29) is 12.6 Å². The number of aromatic amines is 1. The number of amides is 3. The van der Waals surface area contributed by atoms with Crippen LogP contribution < -0.4 is 11.1 Å². The Morgan fingerprint density at radius 2 is 2.17 bits per heavy atom. The van der Waals surface area contributed by atoms with Crippen LogP contribution in [0.4, 0.5) is 4.79 Å². The highest BCUT2D eigenvalue weighted by atomic mass is 32.1. The molecule has 1 aromatic heterocycles. The smallest absolute Gasteiger partial charge is 0.313 e. The van der Waals surface area contributed by atoms with Gasteiger partial charge in [0.15, 0.2) is 3.95 Å². The van der Waals surface area contributed by atoms with E-state index in [1.54, 1.807) is 7.05 Å². The van der Waals surface area contributed by atoms with Crippen LogP contribution in [-0.2, 0) is 11.2 Å². The molecule has 0 radical (unpaired) electrons. The molecule has 0 saturated heterocycles. The molecule has 0 unspecified atom stereocenters. The Morgan fingerprint density at radius 3 is 2.83 bits per heavy atom. The van der Waals surface area contributed by atoms with Gasteiger partial charge < -0.3 is 16.0 Å². The summed E-state index contributed by atoms with van der Waals surface area (Å²) in [6, 6.07) is 7.31. The third-order valence-electron chi connectivity index (χ3n) is 3.44. The van der Waals surface area contributed by atoms with Crippen molar-refractivity contribution in [2.45, 2.75) is 19.3 Å². The normalized spacial score (nSPS) is 10.4. The minimum absolute atomic E-state index is 0.0448. The average Bonchev–Trinajstić information content (AvgIpc) is 2.99. The summed E-state index contributed by atoms with van der Waals surface area (Å²) in [7, 11) is 1.63. The maximum atomic E-state index is 12.0. The van der Waals surface area contributed by atoms with Crippen molar-refractivity contribution in [3.63, 3.8) is 0 Å². The number of primary amides is 1. The van der Waals surface area contributed by atoms with Crippen LogP contribution in [0.15, 0.2) is 24.3 Å². The molecule has 7 nitrogen and oxygen atoms in total. The first kappa shape index (κ1) is 18.1. The number of carbonyl (C=O) groups is 2. The zero-order chi connectivity index (χ0) is 17.5. The van der Waals surface area contributed by atoms with Crippen LogP contribution in [0.25, 0.3) is 10.6 Å². The van der Waals surface area contributed by atoms with Gasteiger partial charge in [0.2, 0.25) is 5.91 Å². The molecule has 0 bridgehead atoms. The number of hydrogen-bond acceptors (Lipinski definition) is 5. The van der Waals surface area contributed by atoms with Crippen molar-refractivity contribution < 1.29 is 9.59 Å². The lowest BCUT2D eigenvalue weighted by Crippen LogP contribution is -2.41. The summed E-state index contributed by atoms with van der Waals surface area (Å²) < 4.78 is 0.638. The van der Waals surface area contributed by atoms with E-state index in [1.807, 2.05) is 24.3 Å². The Kier molecular flexibility index (Phi) is 6.44. The molecule has 4 N–H and O–H groups in total. The predicted molar refractivity (Wildman–Crippen MR) is 96.0 cm³/mol. The van der Waals surface area contributed by atoms with Gasteiger partial charge in [0.25, 0.3) is 0 Å². The summed E-state index contributed by atoms with van der Waals surface area (Å²) in [5.41, 5.74) is 7.15. The van der Waals surface area contributed by atoms with Gasteiger partial charge in [-0.15, -0.1) is 0 Å². The second-order valence-corrected chi connectivity index (χ2v) is 6.89. The Morgan fingerprint density at radius 1 is 1.42 bits per heavy atom. The van der Waals surface area contributed by atoms with Gasteiger partial charge in [0, 0.05) is 19.0 Å². The number of nitrogens with one attached hydrogen (secondary N) is 2. The lowest BCUT2D eigenvalue weighted by molar-refractivity contribution is -0.130. The molecule has 0 aliphatic heterocycles. The van der Waals surface area contributed by atoms with E-state index in [2.05, 4.69) is 15.5 Å². The van der Waals surface area contributed by atoms with Gasteiger partial charge in [-0.05, 0) is 30.6 Å². The molecule has 128 valence electrons.